The number of carboxylic acid groups (broad SMARTS) is 1. The van der Waals surface area contributed by atoms with Crippen LogP contribution in [0, 0.1) is 17.8 Å². The van der Waals surface area contributed by atoms with Crippen LogP contribution in [0.2, 0.25) is 0 Å². The first kappa shape index (κ1) is 16.0. The number of hydrogen-bond donors (Lipinski definition) is 2. The third kappa shape index (κ3) is 4.82. The van der Waals surface area contributed by atoms with Gasteiger partial charge in [0, 0.05) is 20.3 Å². The Labute approximate surface area is 114 Å². The SMILES string of the molecule is CCC1CC(C(=O)O)C(C(=O)NCCCCOC)C1. The predicted octanol–water partition coefficient (Wildman–Crippen LogP) is 1.67. The molecule has 110 valence electrons. The first-order valence-electron chi connectivity index (χ1n) is 7.09. The van der Waals surface area contributed by atoms with Crippen molar-refractivity contribution in [3.05, 3.63) is 0 Å². The summed E-state index contributed by atoms with van der Waals surface area (Å²) >= 11 is 0. The van der Waals surface area contributed by atoms with Crippen LogP contribution in [-0.2, 0) is 14.3 Å². The molecule has 1 aliphatic rings. The molecule has 0 spiro atoms. The Morgan fingerprint density at radius 3 is 2.53 bits per heavy atom. The number of methoxy groups -OCH3 is 1. The number of ether oxygens (including phenoxy) is 1. The minimum atomic E-state index is -0.838. The molecule has 0 aromatic carbocycles. The zero-order chi connectivity index (χ0) is 14.3. The molecule has 0 aliphatic heterocycles. The molecular weight excluding hydrogens is 246 g/mol. The maximum absolute atomic E-state index is 12.0. The van der Waals surface area contributed by atoms with E-state index in [0.717, 1.165) is 19.3 Å². The number of amides is 1. The average Bonchev–Trinajstić information content (AvgIpc) is 2.82. The van der Waals surface area contributed by atoms with Crippen LogP contribution < -0.4 is 5.32 Å². The van der Waals surface area contributed by atoms with Crippen molar-refractivity contribution >= 4 is 11.9 Å². The Bertz CT molecular complexity index is 306. The second-order valence-electron chi connectivity index (χ2n) is 5.29. The van der Waals surface area contributed by atoms with E-state index in [1.54, 1.807) is 7.11 Å². The summed E-state index contributed by atoms with van der Waals surface area (Å²) < 4.78 is 4.94. The molecule has 0 bridgehead atoms. The van der Waals surface area contributed by atoms with Crippen molar-refractivity contribution in [1.82, 2.24) is 5.32 Å². The lowest BCUT2D eigenvalue weighted by molar-refractivity contribution is -0.146. The summed E-state index contributed by atoms with van der Waals surface area (Å²) in [5.41, 5.74) is 0. The Morgan fingerprint density at radius 2 is 1.95 bits per heavy atom. The molecule has 1 aliphatic carbocycles. The normalized spacial score (nSPS) is 26.3. The molecule has 3 unspecified atom stereocenters. The minimum absolute atomic E-state index is 0.0965. The third-order valence-corrected chi connectivity index (χ3v) is 3.97. The third-order valence-electron chi connectivity index (χ3n) is 3.97. The molecule has 0 saturated heterocycles. The lowest BCUT2D eigenvalue weighted by atomic mass is 9.95. The van der Waals surface area contributed by atoms with E-state index in [2.05, 4.69) is 12.2 Å². The molecule has 0 heterocycles. The maximum atomic E-state index is 12.0. The number of unbranched alkanes of at least 4 members (excludes halogenated alkanes) is 1. The van der Waals surface area contributed by atoms with Gasteiger partial charge in [0.05, 0.1) is 11.8 Å². The highest BCUT2D eigenvalue weighted by molar-refractivity contribution is 5.85. The fourth-order valence-corrected chi connectivity index (χ4v) is 2.75. The highest BCUT2D eigenvalue weighted by Gasteiger charge is 2.41. The van der Waals surface area contributed by atoms with Gasteiger partial charge in [-0.15, -0.1) is 0 Å². The smallest absolute Gasteiger partial charge is 0.307 e. The van der Waals surface area contributed by atoms with Gasteiger partial charge in [-0.1, -0.05) is 13.3 Å². The molecule has 0 aromatic rings. The number of carbonyl (C=O) groups is 2. The van der Waals surface area contributed by atoms with Crippen LogP contribution in [-0.4, -0.2) is 37.2 Å². The number of aliphatic carboxylic acids is 1. The van der Waals surface area contributed by atoms with E-state index >= 15 is 0 Å². The topological polar surface area (TPSA) is 75.6 Å². The summed E-state index contributed by atoms with van der Waals surface area (Å²) in [6.07, 6.45) is 4.05. The Kier molecular flexibility index (Phi) is 6.84. The van der Waals surface area contributed by atoms with Crippen molar-refractivity contribution in [1.29, 1.82) is 0 Å². The summed E-state index contributed by atoms with van der Waals surface area (Å²) in [5, 5.41) is 12.0. The summed E-state index contributed by atoms with van der Waals surface area (Å²) in [7, 11) is 1.65. The molecule has 0 radical (unpaired) electrons. The van der Waals surface area contributed by atoms with E-state index in [1.165, 1.54) is 0 Å². The standard InChI is InChI=1S/C14H25NO4/c1-3-10-8-11(12(9-10)14(17)18)13(16)15-6-4-5-7-19-2/h10-12H,3-9H2,1-2H3,(H,15,16)(H,17,18). The Balaban J connectivity index is 2.39. The number of hydrogen-bond acceptors (Lipinski definition) is 3. The molecule has 5 nitrogen and oxygen atoms in total. The predicted molar refractivity (Wildman–Crippen MR) is 71.8 cm³/mol. The van der Waals surface area contributed by atoms with Gasteiger partial charge < -0.3 is 15.2 Å². The highest BCUT2D eigenvalue weighted by Crippen LogP contribution is 2.38. The van der Waals surface area contributed by atoms with Gasteiger partial charge in [0.2, 0.25) is 5.91 Å². The monoisotopic (exact) mass is 271 g/mol. The quantitative estimate of drug-likeness (QED) is 0.658. The number of carbonyl (C=O) groups excluding carboxylic acids is 1. The second kappa shape index (κ2) is 8.15. The van der Waals surface area contributed by atoms with Gasteiger partial charge in [-0.2, -0.15) is 0 Å². The molecule has 1 amide bonds. The van der Waals surface area contributed by atoms with E-state index in [-0.39, 0.29) is 11.8 Å². The van der Waals surface area contributed by atoms with Gasteiger partial charge in [0.25, 0.3) is 0 Å². The van der Waals surface area contributed by atoms with Crippen LogP contribution in [0.1, 0.15) is 39.0 Å². The molecule has 19 heavy (non-hydrogen) atoms. The van der Waals surface area contributed by atoms with Crippen molar-refractivity contribution in [3.8, 4) is 0 Å². The van der Waals surface area contributed by atoms with Crippen LogP contribution >= 0.6 is 0 Å². The lowest BCUT2D eigenvalue weighted by Gasteiger charge is -2.15. The molecule has 3 atom stereocenters. The van der Waals surface area contributed by atoms with Crippen molar-refractivity contribution in [2.75, 3.05) is 20.3 Å². The molecule has 1 rings (SSSR count). The lowest BCUT2D eigenvalue weighted by Crippen LogP contribution is -2.35. The van der Waals surface area contributed by atoms with Gasteiger partial charge >= 0.3 is 5.97 Å². The van der Waals surface area contributed by atoms with Crippen LogP contribution in [0.25, 0.3) is 0 Å². The van der Waals surface area contributed by atoms with Crippen LogP contribution in [0.3, 0.4) is 0 Å². The number of rotatable bonds is 8. The molecular formula is C14H25NO4. The van der Waals surface area contributed by atoms with E-state index in [1.807, 2.05) is 0 Å². The fraction of sp³-hybridized carbons (Fsp3) is 0.857. The number of nitrogens with one attached hydrogen (secondary N) is 1. The molecule has 0 aromatic heterocycles. The van der Waals surface area contributed by atoms with Crippen LogP contribution in [0.4, 0.5) is 0 Å². The minimum Gasteiger partial charge on any atom is -0.481 e. The number of carboxylic acids is 1. The van der Waals surface area contributed by atoms with Gasteiger partial charge in [-0.05, 0) is 31.6 Å². The molecule has 2 N–H and O–H groups in total. The van der Waals surface area contributed by atoms with Crippen LogP contribution in [0.5, 0.6) is 0 Å². The van der Waals surface area contributed by atoms with Gasteiger partial charge in [0.15, 0.2) is 0 Å². The second-order valence-corrected chi connectivity index (χ2v) is 5.29. The fourth-order valence-electron chi connectivity index (χ4n) is 2.75. The first-order chi connectivity index (χ1) is 9.10. The van der Waals surface area contributed by atoms with E-state index in [9.17, 15) is 14.7 Å². The molecule has 5 heteroatoms. The van der Waals surface area contributed by atoms with Gasteiger partial charge in [0.1, 0.15) is 0 Å². The summed E-state index contributed by atoms with van der Waals surface area (Å²) in [4.78, 5) is 23.2. The highest BCUT2D eigenvalue weighted by atomic mass is 16.5. The molecule has 1 saturated carbocycles. The van der Waals surface area contributed by atoms with E-state index < -0.39 is 11.9 Å². The largest absolute Gasteiger partial charge is 0.481 e. The van der Waals surface area contributed by atoms with E-state index in [0.29, 0.717) is 31.9 Å². The maximum Gasteiger partial charge on any atom is 0.307 e. The van der Waals surface area contributed by atoms with E-state index in [4.69, 9.17) is 4.74 Å². The van der Waals surface area contributed by atoms with Crippen molar-refractivity contribution < 1.29 is 19.4 Å². The Morgan fingerprint density at radius 1 is 1.26 bits per heavy atom. The average molecular weight is 271 g/mol. The zero-order valence-corrected chi connectivity index (χ0v) is 11.9. The van der Waals surface area contributed by atoms with Crippen molar-refractivity contribution in [3.63, 3.8) is 0 Å². The van der Waals surface area contributed by atoms with Crippen LogP contribution in [0.15, 0.2) is 0 Å². The first-order valence-corrected chi connectivity index (χ1v) is 7.09. The van der Waals surface area contributed by atoms with Gasteiger partial charge in [-0.25, -0.2) is 0 Å². The summed E-state index contributed by atoms with van der Waals surface area (Å²) in [5.74, 6) is -1.43. The zero-order valence-electron chi connectivity index (χ0n) is 11.9. The summed E-state index contributed by atoms with van der Waals surface area (Å²) in [6.45, 7) is 3.34. The van der Waals surface area contributed by atoms with Gasteiger partial charge in [-0.3, -0.25) is 9.59 Å². The molecule has 1 fully saturated rings. The summed E-state index contributed by atoms with van der Waals surface area (Å²) in [6, 6.07) is 0. The Hall–Kier alpha value is -1.10. The van der Waals surface area contributed by atoms with Crippen molar-refractivity contribution in [2.24, 2.45) is 17.8 Å². The van der Waals surface area contributed by atoms with Crippen molar-refractivity contribution in [2.45, 2.75) is 39.0 Å².